The Hall–Kier alpha value is -2.61. The number of nitrogens with zero attached hydrogens (tertiary/aromatic N) is 3. The van der Waals surface area contributed by atoms with Crippen LogP contribution in [-0.4, -0.2) is 16.1 Å². The van der Waals surface area contributed by atoms with Gasteiger partial charge in [-0.15, -0.1) is 0 Å². The summed E-state index contributed by atoms with van der Waals surface area (Å²) in [5.74, 6) is 0.993. The highest BCUT2D eigenvalue weighted by molar-refractivity contribution is 5.76. The zero-order chi connectivity index (χ0) is 13.7. The van der Waals surface area contributed by atoms with Gasteiger partial charge in [0.25, 0.3) is 0 Å². The topological polar surface area (TPSA) is 67.9 Å². The second kappa shape index (κ2) is 5.83. The molecule has 0 aliphatic rings. The Labute approximate surface area is 111 Å². The Morgan fingerprint density at radius 1 is 1.53 bits per heavy atom. The largest absolute Gasteiger partial charge is 0.453 e. The van der Waals surface area contributed by atoms with Gasteiger partial charge in [0.15, 0.2) is 5.75 Å². The molecular formula is C14H13N3O2. The Balaban J connectivity index is 2.22. The van der Waals surface area contributed by atoms with Gasteiger partial charge in [-0.2, -0.15) is 10.4 Å². The molecule has 2 rings (SSSR count). The summed E-state index contributed by atoms with van der Waals surface area (Å²) in [4.78, 5) is 10.7. The Bertz CT molecular complexity index is 626. The van der Waals surface area contributed by atoms with Gasteiger partial charge in [-0.1, -0.05) is 6.92 Å². The van der Waals surface area contributed by atoms with Crippen LogP contribution in [0.3, 0.4) is 0 Å². The fraction of sp³-hybridized carbons (Fsp3) is 0.214. The Kier molecular flexibility index (Phi) is 3.94. The summed E-state index contributed by atoms with van der Waals surface area (Å²) in [6.45, 7) is 2.88. The van der Waals surface area contributed by atoms with Crippen molar-refractivity contribution in [3.63, 3.8) is 0 Å². The lowest BCUT2D eigenvalue weighted by Gasteiger charge is -2.05. The van der Waals surface area contributed by atoms with Gasteiger partial charge in [0.2, 0.25) is 0 Å². The number of rotatable bonds is 5. The highest BCUT2D eigenvalue weighted by atomic mass is 16.5. The molecule has 19 heavy (non-hydrogen) atoms. The van der Waals surface area contributed by atoms with Crippen molar-refractivity contribution in [3.8, 4) is 17.6 Å². The summed E-state index contributed by atoms with van der Waals surface area (Å²) in [5, 5.41) is 13.2. The maximum Gasteiger partial charge on any atom is 0.165 e. The standard InChI is InChI=1S/C14H13N3O2/c1-2-5-17-9-13(8-16-17)19-14-4-3-11(10-18)6-12(14)7-15/h3-4,6,8-10H,2,5H2,1H3. The van der Waals surface area contributed by atoms with Gasteiger partial charge in [-0.05, 0) is 24.6 Å². The van der Waals surface area contributed by atoms with Crippen LogP contribution in [0.2, 0.25) is 0 Å². The van der Waals surface area contributed by atoms with Crippen molar-refractivity contribution in [2.45, 2.75) is 19.9 Å². The first-order valence-corrected chi connectivity index (χ1v) is 5.96. The van der Waals surface area contributed by atoms with Crippen molar-refractivity contribution in [2.24, 2.45) is 0 Å². The first-order valence-electron chi connectivity index (χ1n) is 5.96. The van der Waals surface area contributed by atoms with E-state index >= 15 is 0 Å². The first kappa shape index (κ1) is 12.8. The molecule has 96 valence electrons. The lowest BCUT2D eigenvalue weighted by molar-refractivity contribution is 0.112. The number of hydrogen-bond acceptors (Lipinski definition) is 4. The highest BCUT2D eigenvalue weighted by Gasteiger charge is 2.07. The second-order valence-corrected chi connectivity index (χ2v) is 4.03. The maximum absolute atomic E-state index is 10.7. The number of carbonyl (C=O) groups is 1. The van der Waals surface area contributed by atoms with E-state index in [1.807, 2.05) is 6.07 Å². The van der Waals surface area contributed by atoms with Crippen LogP contribution in [0.15, 0.2) is 30.6 Å². The van der Waals surface area contributed by atoms with E-state index in [1.165, 1.54) is 6.07 Å². The third kappa shape index (κ3) is 2.99. The predicted molar refractivity (Wildman–Crippen MR) is 69.1 cm³/mol. The van der Waals surface area contributed by atoms with Crippen molar-refractivity contribution < 1.29 is 9.53 Å². The van der Waals surface area contributed by atoms with Crippen LogP contribution < -0.4 is 4.74 Å². The van der Waals surface area contributed by atoms with E-state index in [2.05, 4.69) is 12.0 Å². The van der Waals surface area contributed by atoms with Crippen molar-refractivity contribution >= 4 is 6.29 Å². The average molecular weight is 255 g/mol. The van der Waals surface area contributed by atoms with E-state index in [4.69, 9.17) is 10.00 Å². The molecule has 2 aromatic rings. The molecule has 0 saturated carbocycles. The molecule has 0 unspecified atom stereocenters. The molecule has 0 aliphatic carbocycles. The zero-order valence-corrected chi connectivity index (χ0v) is 10.5. The fourth-order valence-corrected chi connectivity index (χ4v) is 1.67. The molecular weight excluding hydrogens is 242 g/mol. The molecule has 0 bridgehead atoms. The molecule has 5 nitrogen and oxygen atoms in total. The number of hydrogen-bond donors (Lipinski definition) is 0. The van der Waals surface area contributed by atoms with E-state index in [9.17, 15) is 4.79 Å². The monoisotopic (exact) mass is 255 g/mol. The number of ether oxygens (including phenoxy) is 1. The third-order valence-electron chi connectivity index (χ3n) is 2.55. The van der Waals surface area contributed by atoms with Gasteiger partial charge < -0.3 is 4.74 Å². The average Bonchev–Trinajstić information content (AvgIpc) is 2.87. The minimum Gasteiger partial charge on any atom is -0.453 e. The van der Waals surface area contributed by atoms with Gasteiger partial charge in [-0.3, -0.25) is 9.48 Å². The molecule has 5 heteroatoms. The molecule has 0 radical (unpaired) electrons. The number of benzene rings is 1. The Morgan fingerprint density at radius 3 is 3.05 bits per heavy atom. The van der Waals surface area contributed by atoms with Crippen molar-refractivity contribution in [2.75, 3.05) is 0 Å². The number of aldehydes is 1. The van der Waals surface area contributed by atoms with Crippen LogP contribution in [-0.2, 0) is 6.54 Å². The van der Waals surface area contributed by atoms with Gasteiger partial charge in [0, 0.05) is 12.1 Å². The lowest BCUT2D eigenvalue weighted by atomic mass is 10.1. The van der Waals surface area contributed by atoms with Gasteiger partial charge >= 0.3 is 0 Å². The Morgan fingerprint density at radius 2 is 2.37 bits per heavy atom. The molecule has 0 atom stereocenters. The number of aryl methyl sites for hydroxylation is 1. The molecule has 0 spiro atoms. The summed E-state index contributed by atoms with van der Waals surface area (Å²) in [6.07, 6.45) is 5.06. The number of nitriles is 1. The van der Waals surface area contributed by atoms with Crippen LogP contribution >= 0.6 is 0 Å². The number of aromatic nitrogens is 2. The molecule has 1 heterocycles. The highest BCUT2D eigenvalue weighted by Crippen LogP contribution is 2.25. The normalized spacial score (nSPS) is 9.89. The van der Waals surface area contributed by atoms with Crippen LogP contribution in [0.5, 0.6) is 11.5 Å². The van der Waals surface area contributed by atoms with Crippen LogP contribution in [0.1, 0.15) is 29.3 Å². The smallest absolute Gasteiger partial charge is 0.165 e. The minimum atomic E-state index is 0.327. The summed E-state index contributed by atoms with van der Waals surface area (Å²) in [7, 11) is 0. The van der Waals surface area contributed by atoms with Crippen molar-refractivity contribution in [3.05, 3.63) is 41.7 Å². The molecule has 0 N–H and O–H groups in total. The summed E-state index contributed by atoms with van der Waals surface area (Å²) in [5.41, 5.74) is 0.776. The van der Waals surface area contributed by atoms with Crippen LogP contribution in [0, 0.1) is 11.3 Å². The molecule has 1 aromatic heterocycles. The van der Waals surface area contributed by atoms with E-state index in [0.29, 0.717) is 28.9 Å². The van der Waals surface area contributed by atoms with E-state index in [-0.39, 0.29) is 0 Å². The van der Waals surface area contributed by atoms with Gasteiger partial charge in [0.1, 0.15) is 18.1 Å². The SMILES string of the molecule is CCCn1cc(Oc2ccc(C=O)cc2C#N)cn1. The van der Waals surface area contributed by atoms with Gasteiger partial charge in [-0.25, -0.2) is 0 Å². The molecule has 0 aliphatic heterocycles. The summed E-state index contributed by atoms with van der Waals surface area (Å²) in [6, 6.07) is 6.73. The van der Waals surface area contributed by atoms with Crippen molar-refractivity contribution in [1.82, 2.24) is 9.78 Å². The molecule has 0 fully saturated rings. The van der Waals surface area contributed by atoms with Crippen LogP contribution in [0.25, 0.3) is 0 Å². The van der Waals surface area contributed by atoms with E-state index < -0.39 is 0 Å². The van der Waals surface area contributed by atoms with Crippen LogP contribution in [0.4, 0.5) is 0 Å². The predicted octanol–water partition coefficient (Wildman–Crippen LogP) is 2.77. The number of carbonyl (C=O) groups excluding carboxylic acids is 1. The first-order chi connectivity index (χ1) is 9.26. The third-order valence-corrected chi connectivity index (χ3v) is 2.55. The zero-order valence-electron chi connectivity index (χ0n) is 10.5. The summed E-state index contributed by atoms with van der Waals surface area (Å²) < 4.78 is 7.38. The quantitative estimate of drug-likeness (QED) is 0.770. The molecule has 0 amide bonds. The molecule has 0 saturated heterocycles. The van der Waals surface area contributed by atoms with Gasteiger partial charge in [0.05, 0.1) is 18.0 Å². The molecule has 1 aromatic carbocycles. The van der Waals surface area contributed by atoms with E-state index in [0.717, 1.165) is 13.0 Å². The lowest BCUT2D eigenvalue weighted by Crippen LogP contribution is -1.95. The van der Waals surface area contributed by atoms with Crippen molar-refractivity contribution in [1.29, 1.82) is 5.26 Å². The second-order valence-electron chi connectivity index (χ2n) is 4.03. The fourth-order valence-electron chi connectivity index (χ4n) is 1.67. The maximum atomic E-state index is 10.7. The summed E-state index contributed by atoms with van der Waals surface area (Å²) >= 11 is 0. The van der Waals surface area contributed by atoms with E-state index in [1.54, 1.807) is 29.2 Å². The minimum absolute atomic E-state index is 0.327.